The first-order chi connectivity index (χ1) is 9.65. The van der Waals surface area contributed by atoms with Crippen molar-refractivity contribution in [2.75, 3.05) is 7.11 Å². The van der Waals surface area contributed by atoms with E-state index in [-0.39, 0.29) is 5.56 Å². The molecule has 0 saturated heterocycles. The molecule has 1 aromatic carbocycles. The summed E-state index contributed by atoms with van der Waals surface area (Å²) in [6, 6.07) is 6.50. The van der Waals surface area contributed by atoms with Crippen molar-refractivity contribution in [2.45, 2.75) is 12.5 Å². The van der Waals surface area contributed by atoms with Crippen LogP contribution in [0.1, 0.15) is 17.2 Å². The van der Waals surface area contributed by atoms with Crippen LogP contribution in [0.15, 0.2) is 36.5 Å². The van der Waals surface area contributed by atoms with Gasteiger partial charge in [-0.25, -0.2) is 13.8 Å². The zero-order chi connectivity index (χ0) is 14.5. The lowest BCUT2D eigenvalue weighted by Gasteiger charge is -2.17. The van der Waals surface area contributed by atoms with Gasteiger partial charge in [0.2, 0.25) is 5.88 Å². The minimum atomic E-state index is -0.675. The van der Waals surface area contributed by atoms with Crippen molar-refractivity contribution in [3.8, 4) is 5.88 Å². The molecule has 1 heterocycles. The van der Waals surface area contributed by atoms with Gasteiger partial charge >= 0.3 is 0 Å². The molecule has 0 bridgehead atoms. The van der Waals surface area contributed by atoms with E-state index in [1.54, 1.807) is 18.3 Å². The third kappa shape index (κ3) is 3.09. The van der Waals surface area contributed by atoms with E-state index in [9.17, 15) is 8.78 Å². The third-order valence-electron chi connectivity index (χ3n) is 3.00. The Morgan fingerprint density at radius 2 is 1.95 bits per heavy atom. The Morgan fingerprint density at radius 3 is 2.45 bits per heavy atom. The third-order valence-corrected chi connectivity index (χ3v) is 3.00. The summed E-state index contributed by atoms with van der Waals surface area (Å²) in [5, 5.41) is 0. The number of hydrazine groups is 1. The molecule has 2 aromatic rings. The fourth-order valence-corrected chi connectivity index (χ4v) is 1.98. The van der Waals surface area contributed by atoms with Gasteiger partial charge in [-0.15, -0.1) is 0 Å². The molecule has 0 fully saturated rings. The van der Waals surface area contributed by atoms with Gasteiger partial charge in [0.15, 0.2) is 0 Å². The summed E-state index contributed by atoms with van der Waals surface area (Å²) >= 11 is 0. The zero-order valence-electron chi connectivity index (χ0n) is 10.9. The monoisotopic (exact) mass is 279 g/mol. The van der Waals surface area contributed by atoms with Gasteiger partial charge in [0.05, 0.1) is 13.2 Å². The second kappa shape index (κ2) is 6.40. The standard InChI is InChI=1S/C14H15F2N3O/c1-20-13-6-5-9(8-18-13)7-12(19-17)14-10(15)3-2-4-11(14)16/h2-6,8,12,19H,7,17H2,1H3. The molecule has 0 spiro atoms. The molecule has 3 N–H and O–H groups in total. The van der Waals surface area contributed by atoms with Crippen LogP contribution in [-0.4, -0.2) is 12.1 Å². The Bertz CT molecular complexity index is 555. The van der Waals surface area contributed by atoms with Crippen molar-refractivity contribution in [1.82, 2.24) is 10.4 Å². The van der Waals surface area contributed by atoms with Crippen LogP contribution >= 0.6 is 0 Å². The first-order valence-electron chi connectivity index (χ1n) is 6.04. The number of halogens is 2. The van der Waals surface area contributed by atoms with Crippen LogP contribution in [0.4, 0.5) is 8.78 Å². The molecule has 106 valence electrons. The molecule has 0 aliphatic carbocycles. The average Bonchev–Trinajstić information content (AvgIpc) is 2.46. The van der Waals surface area contributed by atoms with Crippen molar-refractivity contribution in [3.63, 3.8) is 0 Å². The topological polar surface area (TPSA) is 60.2 Å². The lowest BCUT2D eigenvalue weighted by Crippen LogP contribution is -2.31. The molecule has 4 nitrogen and oxygen atoms in total. The highest BCUT2D eigenvalue weighted by molar-refractivity contribution is 5.26. The predicted molar refractivity (Wildman–Crippen MR) is 70.9 cm³/mol. The molecular formula is C14H15F2N3O. The summed E-state index contributed by atoms with van der Waals surface area (Å²) in [7, 11) is 1.51. The molecule has 6 heteroatoms. The highest BCUT2D eigenvalue weighted by atomic mass is 19.1. The van der Waals surface area contributed by atoms with Gasteiger partial charge in [0, 0.05) is 17.8 Å². The summed E-state index contributed by atoms with van der Waals surface area (Å²) in [5.74, 6) is 4.63. The Morgan fingerprint density at radius 1 is 1.25 bits per heavy atom. The van der Waals surface area contributed by atoms with Gasteiger partial charge in [-0.1, -0.05) is 12.1 Å². The maximum atomic E-state index is 13.7. The molecule has 1 aromatic heterocycles. The van der Waals surface area contributed by atoms with E-state index < -0.39 is 17.7 Å². The molecule has 0 aliphatic heterocycles. The molecule has 0 amide bonds. The van der Waals surface area contributed by atoms with Crippen molar-refractivity contribution >= 4 is 0 Å². The predicted octanol–water partition coefficient (Wildman–Crippen LogP) is 2.12. The first kappa shape index (κ1) is 14.4. The smallest absolute Gasteiger partial charge is 0.212 e. The van der Waals surface area contributed by atoms with Gasteiger partial charge in [-0.05, 0) is 24.1 Å². The number of hydrogen-bond donors (Lipinski definition) is 2. The number of hydrogen-bond acceptors (Lipinski definition) is 4. The van der Waals surface area contributed by atoms with Crippen LogP contribution in [0.3, 0.4) is 0 Å². The molecule has 0 saturated carbocycles. The number of aromatic nitrogens is 1. The normalized spacial score (nSPS) is 12.2. The molecular weight excluding hydrogens is 264 g/mol. The fraction of sp³-hybridized carbons (Fsp3) is 0.214. The van der Waals surface area contributed by atoms with Gasteiger partial charge < -0.3 is 4.74 Å². The highest BCUT2D eigenvalue weighted by Gasteiger charge is 2.19. The minimum absolute atomic E-state index is 0.0779. The average molecular weight is 279 g/mol. The SMILES string of the molecule is COc1ccc(CC(NN)c2c(F)cccc2F)cn1. The van der Waals surface area contributed by atoms with E-state index in [2.05, 4.69) is 10.4 Å². The molecule has 0 radical (unpaired) electrons. The maximum absolute atomic E-state index is 13.7. The van der Waals surface area contributed by atoms with Gasteiger partial charge in [-0.3, -0.25) is 11.3 Å². The zero-order valence-corrected chi connectivity index (χ0v) is 10.9. The van der Waals surface area contributed by atoms with Crippen LogP contribution in [0.2, 0.25) is 0 Å². The van der Waals surface area contributed by atoms with Gasteiger partial charge in [0.1, 0.15) is 11.6 Å². The molecule has 1 unspecified atom stereocenters. The number of benzene rings is 1. The summed E-state index contributed by atoms with van der Waals surface area (Å²) in [6.07, 6.45) is 1.90. The Labute approximate surface area is 115 Å². The maximum Gasteiger partial charge on any atom is 0.212 e. The largest absolute Gasteiger partial charge is 0.481 e. The van der Waals surface area contributed by atoms with Gasteiger partial charge in [-0.2, -0.15) is 0 Å². The van der Waals surface area contributed by atoms with E-state index in [1.807, 2.05) is 0 Å². The summed E-state index contributed by atoms with van der Waals surface area (Å²) in [4.78, 5) is 4.04. The van der Waals surface area contributed by atoms with E-state index in [1.165, 1.54) is 25.3 Å². The quantitative estimate of drug-likeness (QED) is 0.650. The van der Waals surface area contributed by atoms with Crippen LogP contribution in [0, 0.1) is 11.6 Å². The van der Waals surface area contributed by atoms with Crippen LogP contribution in [-0.2, 0) is 6.42 Å². The summed E-state index contributed by atoms with van der Waals surface area (Å²) in [6.45, 7) is 0. The number of nitrogens with two attached hydrogens (primary N) is 1. The van der Waals surface area contributed by atoms with Crippen molar-refractivity contribution in [1.29, 1.82) is 0 Å². The molecule has 20 heavy (non-hydrogen) atoms. The van der Waals surface area contributed by atoms with E-state index in [0.29, 0.717) is 12.3 Å². The highest BCUT2D eigenvalue weighted by Crippen LogP contribution is 2.23. The van der Waals surface area contributed by atoms with E-state index >= 15 is 0 Å². The minimum Gasteiger partial charge on any atom is -0.481 e. The number of rotatable bonds is 5. The Kier molecular flexibility index (Phi) is 4.60. The van der Waals surface area contributed by atoms with Crippen LogP contribution < -0.4 is 16.0 Å². The molecule has 2 rings (SSSR count). The molecule has 0 aliphatic rings. The summed E-state index contributed by atoms with van der Waals surface area (Å²) < 4.78 is 32.4. The van der Waals surface area contributed by atoms with Crippen molar-refractivity contribution in [3.05, 3.63) is 59.3 Å². The second-order valence-electron chi connectivity index (χ2n) is 4.27. The number of methoxy groups -OCH3 is 1. The lowest BCUT2D eigenvalue weighted by atomic mass is 9.99. The lowest BCUT2D eigenvalue weighted by molar-refractivity contribution is 0.397. The Balaban J connectivity index is 2.24. The van der Waals surface area contributed by atoms with Crippen molar-refractivity contribution in [2.24, 2.45) is 5.84 Å². The molecule has 1 atom stereocenters. The van der Waals surface area contributed by atoms with Crippen LogP contribution in [0.25, 0.3) is 0 Å². The van der Waals surface area contributed by atoms with Gasteiger partial charge in [0.25, 0.3) is 0 Å². The number of pyridine rings is 1. The van der Waals surface area contributed by atoms with Crippen LogP contribution in [0.5, 0.6) is 5.88 Å². The number of nitrogens with one attached hydrogen (secondary N) is 1. The van der Waals surface area contributed by atoms with Crippen molar-refractivity contribution < 1.29 is 13.5 Å². The first-order valence-corrected chi connectivity index (χ1v) is 6.04. The second-order valence-corrected chi connectivity index (χ2v) is 4.27. The number of ether oxygens (including phenoxy) is 1. The number of nitrogens with zero attached hydrogens (tertiary/aromatic N) is 1. The Hall–Kier alpha value is -2.05. The van der Waals surface area contributed by atoms with E-state index in [0.717, 1.165) is 5.56 Å². The summed E-state index contributed by atoms with van der Waals surface area (Å²) in [5.41, 5.74) is 3.15. The van der Waals surface area contributed by atoms with E-state index in [4.69, 9.17) is 10.6 Å². The fourth-order valence-electron chi connectivity index (χ4n) is 1.98.